The van der Waals surface area contributed by atoms with Gasteiger partial charge in [0.05, 0.1) is 0 Å². The molecule has 0 bridgehead atoms. The molecule has 0 atom stereocenters. The zero-order valence-electron chi connectivity index (χ0n) is 10.3. The van der Waals surface area contributed by atoms with Crippen LogP contribution >= 0.6 is 0 Å². The Morgan fingerprint density at radius 1 is 1.12 bits per heavy atom. The maximum Gasteiger partial charge on any atom is 0.131 e. The fourth-order valence-electron chi connectivity index (χ4n) is 1.73. The summed E-state index contributed by atoms with van der Waals surface area (Å²) < 4.78 is 13.4. The average Bonchev–Trinajstić information content (AvgIpc) is 2.32. The molecule has 1 heteroatoms. The molecule has 0 heterocycles. The lowest BCUT2D eigenvalue weighted by Crippen LogP contribution is -1.92. The molecule has 0 saturated heterocycles. The van der Waals surface area contributed by atoms with Gasteiger partial charge in [0.2, 0.25) is 0 Å². The number of halogens is 1. The highest BCUT2D eigenvalue weighted by molar-refractivity contribution is 5.75. The van der Waals surface area contributed by atoms with Crippen LogP contribution < -0.4 is 0 Å². The summed E-state index contributed by atoms with van der Waals surface area (Å²) in [5.41, 5.74) is 3.06. The Morgan fingerprint density at radius 3 is 2.44 bits per heavy atom. The number of rotatable bonds is 1. The predicted molar refractivity (Wildman–Crippen MR) is 68.7 cm³/mol. The Labute approximate surface area is 97.5 Å². The van der Waals surface area contributed by atoms with Crippen LogP contribution in [0.2, 0.25) is 0 Å². The zero-order chi connectivity index (χ0) is 12.0. The standard InChI is InChI=1S/C13H13F.C2H6/c1-10-5-4-6-11(9-10)12-7-2-3-8-13(12)14;1-2/h2-3,6-9H,4-5H2,1H3;1-2H3. The Hall–Kier alpha value is -1.37. The molecule has 0 nitrogen and oxygen atoms in total. The van der Waals surface area contributed by atoms with Crippen LogP contribution in [0.5, 0.6) is 0 Å². The van der Waals surface area contributed by atoms with Crippen LogP contribution in [0.3, 0.4) is 0 Å². The predicted octanol–water partition coefficient (Wildman–Crippen LogP) is 4.98. The molecule has 1 aliphatic rings. The lowest BCUT2D eigenvalue weighted by atomic mass is 9.95. The van der Waals surface area contributed by atoms with Gasteiger partial charge in [-0.05, 0) is 31.4 Å². The van der Waals surface area contributed by atoms with Crippen LogP contribution in [0.4, 0.5) is 4.39 Å². The molecule has 16 heavy (non-hydrogen) atoms. The normalized spacial score (nSPS) is 14.5. The van der Waals surface area contributed by atoms with Crippen molar-refractivity contribution in [1.82, 2.24) is 0 Å². The van der Waals surface area contributed by atoms with Crippen molar-refractivity contribution in [3.63, 3.8) is 0 Å². The van der Waals surface area contributed by atoms with E-state index in [2.05, 4.69) is 19.1 Å². The summed E-state index contributed by atoms with van der Waals surface area (Å²) in [4.78, 5) is 0. The molecule has 1 aromatic carbocycles. The molecular weight excluding hydrogens is 199 g/mol. The van der Waals surface area contributed by atoms with Crippen molar-refractivity contribution in [2.45, 2.75) is 33.6 Å². The monoisotopic (exact) mass is 218 g/mol. The quantitative estimate of drug-likeness (QED) is 0.624. The van der Waals surface area contributed by atoms with Crippen molar-refractivity contribution in [1.29, 1.82) is 0 Å². The summed E-state index contributed by atoms with van der Waals surface area (Å²) in [7, 11) is 0. The third-order valence-electron chi connectivity index (χ3n) is 2.49. The molecule has 0 spiro atoms. The summed E-state index contributed by atoms with van der Waals surface area (Å²) in [5, 5.41) is 0. The molecule has 2 rings (SSSR count). The van der Waals surface area contributed by atoms with Crippen LogP contribution in [-0.4, -0.2) is 0 Å². The number of benzene rings is 1. The second kappa shape index (κ2) is 6.26. The summed E-state index contributed by atoms with van der Waals surface area (Å²) in [6.45, 7) is 6.09. The molecule has 0 saturated carbocycles. The van der Waals surface area contributed by atoms with Gasteiger partial charge in [-0.1, -0.05) is 49.8 Å². The molecule has 0 amide bonds. The minimum absolute atomic E-state index is 0.135. The van der Waals surface area contributed by atoms with Gasteiger partial charge in [-0.25, -0.2) is 4.39 Å². The molecule has 0 N–H and O–H groups in total. The lowest BCUT2D eigenvalue weighted by molar-refractivity contribution is 0.624. The summed E-state index contributed by atoms with van der Waals surface area (Å²) >= 11 is 0. The Balaban J connectivity index is 0.000000606. The highest BCUT2D eigenvalue weighted by atomic mass is 19.1. The third kappa shape index (κ3) is 3.06. The van der Waals surface area contributed by atoms with E-state index in [4.69, 9.17) is 0 Å². The number of hydrogen-bond donors (Lipinski definition) is 0. The van der Waals surface area contributed by atoms with Crippen molar-refractivity contribution in [3.8, 4) is 0 Å². The van der Waals surface area contributed by atoms with Gasteiger partial charge in [0.25, 0.3) is 0 Å². The maximum absolute atomic E-state index is 13.4. The Morgan fingerprint density at radius 2 is 1.81 bits per heavy atom. The molecule has 0 aromatic heterocycles. The molecule has 1 aliphatic carbocycles. The average molecular weight is 218 g/mol. The first-order valence-electron chi connectivity index (χ1n) is 5.89. The number of hydrogen-bond acceptors (Lipinski definition) is 0. The highest BCUT2D eigenvalue weighted by Gasteiger charge is 2.07. The molecule has 0 fully saturated rings. The molecular formula is C15H19F. The van der Waals surface area contributed by atoms with Gasteiger partial charge in [0.1, 0.15) is 5.82 Å². The Bertz CT molecular complexity index is 400. The first-order valence-corrected chi connectivity index (χ1v) is 5.89. The van der Waals surface area contributed by atoms with Crippen molar-refractivity contribution in [3.05, 3.63) is 53.4 Å². The van der Waals surface area contributed by atoms with E-state index >= 15 is 0 Å². The largest absolute Gasteiger partial charge is 0.206 e. The van der Waals surface area contributed by atoms with E-state index in [-0.39, 0.29) is 5.82 Å². The molecule has 86 valence electrons. The van der Waals surface area contributed by atoms with Crippen LogP contribution in [0, 0.1) is 5.82 Å². The maximum atomic E-state index is 13.4. The van der Waals surface area contributed by atoms with E-state index in [1.54, 1.807) is 6.07 Å². The molecule has 0 radical (unpaired) electrons. The van der Waals surface area contributed by atoms with Gasteiger partial charge in [0.15, 0.2) is 0 Å². The summed E-state index contributed by atoms with van der Waals surface area (Å²) in [6.07, 6.45) is 6.29. The van der Waals surface area contributed by atoms with Crippen molar-refractivity contribution < 1.29 is 4.39 Å². The van der Waals surface area contributed by atoms with Crippen LogP contribution in [0.15, 0.2) is 42.0 Å². The minimum Gasteiger partial charge on any atom is -0.206 e. The SMILES string of the molecule is CC.CC1=CC(c2ccccc2F)=CCC1. The molecule has 1 aromatic rings. The van der Waals surface area contributed by atoms with E-state index in [1.807, 2.05) is 26.0 Å². The smallest absolute Gasteiger partial charge is 0.131 e. The van der Waals surface area contributed by atoms with Crippen LogP contribution in [-0.2, 0) is 0 Å². The summed E-state index contributed by atoms with van der Waals surface area (Å²) in [6, 6.07) is 6.93. The first-order chi connectivity index (χ1) is 7.77. The van der Waals surface area contributed by atoms with Crippen molar-refractivity contribution in [2.24, 2.45) is 0 Å². The van der Waals surface area contributed by atoms with Gasteiger partial charge in [-0.3, -0.25) is 0 Å². The second-order valence-electron chi connectivity index (χ2n) is 3.67. The van der Waals surface area contributed by atoms with Gasteiger partial charge in [-0.15, -0.1) is 0 Å². The van der Waals surface area contributed by atoms with E-state index in [1.165, 1.54) is 11.6 Å². The molecule has 0 unspecified atom stereocenters. The molecule has 0 aliphatic heterocycles. The van der Waals surface area contributed by atoms with Crippen molar-refractivity contribution in [2.75, 3.05) is 0 Å². The van der Waals surface area contributed by atoms with Gasteiger partial charge >= 0.3 is 0 Å². The van der Waals surface area contributed by atoms with Gasteiger partial charge in [0, 0.05) is 5.56 Å². The van der Waals surface area contributed by atoms with Crippen molar-refractivity contribution >= 4 is 5.57 Å². The topological polar surface area (TPSA) is 0 Å². The van der Waals surface area contributed by atoms with E-state index in [0.717, 1.165) is 18.4 Å². The van der Waals surface area contributed by atoms with E-state index in [0.29, 0.717) is 5.56 Å². The van der Waals surface area contributed by atoms with Gasteiger partial charge in [-0.2, -0.15) is 0 Å². The van der Waals surface area contributed by atoms with Crippen LogP contribution in [0.1, 0.15) is 39.2 Å². The highest BCUT2D eigenvalue weighted by Crippen LogP contribution is 2.26. The second-order valence-corrected chi connectivity index (χ2v) is 3.67. The van der Waals surface area contributed by atoms with Crippen LogP contribution in [0.25, 0.3) is 5.57 Å². The fourth-order valence-corrected chi connectivity index (χ4v) is 1.73. The summed E-state index contributed by atoms with van der Waals surface area (Å²) in [5.74, 6) is -0.135. The van der Waals surface area contributed by atoms with E-state index in [9.17, 15) is 4.39 Å². The fraction of sp³-hybridized carbons (Fsp3) is 0.333. The zero-order valence-corrected chi connectivity index (χ0v) is 10.3. The van der Waals surface area contributed by atoms with E-state index < -0.39 is 0 Å². The Kier molecular flexibility index (Phi) is 4.97. The van der Waals surface area contributed by atoms with Gasteiger partial charge < -0.3 is 0 Å². The first kappa shape index (κ1) is 12.7. The lowest BCUT2D eigenvalue weighted by Gasteiger charge is -2.11. The number of allylic oxidation sites excluding steroid dienone is 4. The minimum atomic E-state index is -0.135. The third-order valence-corrected chi connectivity index (χ3v) is 2.49.